The molecule has 1 aromatic rings. The highest BCUT2D eigenvalue weighted by atomic mass is 16.5. The van der Waals surface area contributed by atoms with Crippen molar-refractivity contribution in [3.63, 3.8) is 0 Å². The Labute approximate surface area is 140 Å². The molecule has 4 heteroatoms. The SMILES string of the molecule is Cc1ccc(C)c(OC2CCN(C(=O)[C@@H](N)CC(C)C)CC2)c1. The van der Waals surface area contributed by atoms with Gasteiger partial charge < -0.3 is 15.4 Å². The first-order valence-electron chi connectivity index (χ1n) is 8.65. The average Bonchev–Trinajstić information content (AvgIpc) is 2.50. The molecule has 1 fully saturated rings. The van der Waals surface area contributed by atoms with Crippen LogP contribution in [0.25, 0.3) is 0 Å². The molecule has 0 aliphatic carbocycles. The Bertz CT molecular complexity index is 534. The van der Waals surface area contributed by atoms with Gasteiger partial charge in [-0.1, -0.05) is 26.0 Å². The second kappa shape index (κ2) is 7.82. The molecule has 1 amide bonds. The van der Waals surface area contributed by atoms with E-state index in [1.165, 1.54) is 5.56 Å². The number of carbonyl (C=O) groups is 1. The van der Waals surface area contributed by atoms with Crippen LogP contribution in [0.4, 0.5) is 0 Å². The molecule has 1 aliphatic rings. The number of benzene rings is 1. The van der Waals surface area contributed by atoms with E-state index in [0.29, 0.717) is 5.92 Å². The molecule has 128 valence electrons. The van der Waals surface area contributed by atoms with Gasteiger partial charge >= 0.3 is 0 Å². The van der Waals surface area contributed by atoms with Crippen LogP contribution < -0.4 is 10.5 Å². The van der Waals surface area contributed by atoms with Crippen LogP contribution >= 0.6 is 0 Å². The predicted octanol–water partition coefficient (Wildman–Crippen LogP) is 3.05. The number of piperidine rings is 1. The van der Waals surface area contributed by atoms with Crippen molar-refractivity contribution in [1.29, 1.82) is 0 Å². The van der Waals surface area contributed by atoms with E-state index in [2.05, 4.69) is 45.9 Å². The molecular weight excluding hydrogens is 288 g/mol. The lowest BCUT2D eigenvalue weighted by Crippen LogP contribution is -2.49. The molecule has 1 heterocycles. The molecule has 0 saturated carbocycles. The number of rotatable bonds is 5. The zero-order valence-corrected chi connectivity index (χ0v) is 14.8. The molecular formula is C19H30N2O2. The number of hydrogen-bond acceptors (Lipinski definition) is 3. The number of amides is 1. The topological polar surface area (TPSA) is 55.6 Å². The smallest absolute Gasteiger partial charge is 0.239 e. The summed E-state index contributed by atoms with van der Waals surface area (Å²) in [4.78, 5) is 14.3. The van der Waals surface area contributed by atoms with Crippen LogP contribution in [-0.2, 0) is 4.79 Å². The molecule has 2 rings (SSSR count). The van der Waals surface area contributed by atoms with Crippen molar-refractivity contribution in [3.05, 3.63) is 29.3 Å². The minimum atomic E-state index is -0.369. The van der Waals surface area contributed by atoms with E-state index in [4.69, 9.17) is 10.5 Å². The van der Waals surface area contributed by atoms with Crippen molar-refractivity contribution in [2.75, 3.05) is 13.1 Å². The molecule has 2 N–H and O–H groups in total. The molecule has 1 aliphatic heterocycles. The van der Waals surface area contributed by atoms with Gasteiger partial charge in [-0.3, -0.25) is 4.79 Å². The number of nitrogens with two attached hydrogens (primary N) is 1. The lowest BCUT2D eigenvalue weighted by atomic mass is 10.0. The summed E-state index contributed by atoms with van der Waals surface area (Å²) in [5.74, 6) is 1.49. The summed E-state index contributed by atoms with van der Waals surface area (Å²) in [6, 6.07) is 5.91. The van der Waals surface area contributed by atoms with Crippen molar-refractivity contribution in [1.82, 2.24) is 4.90 Å². The zero-order valence-electron chi connectivity index (χ0n) is 14.8. The van der Waals surface area contributed by atoms with Gasteiger partial charge in [0.05, 0.1) is 6.04 Å². The fourth-order valence-corrected chi connectivity index (χ4v) is 3.05. The number of ether oxygens (including phenoxy) is 1. The maximum atomic E-state index is 12.4. The fraction of sp³-hybridized carbons (Fsp3) is 0.632. The third-order valence-electron chi connectivity index (χ3n) is 4.43. The Morgan fingerprint density at radius 3 is 2.57 bits per heavy atom. The van der Waals surface area contributed by atoms with Crippen molar-refractivity contribution in [2.24, 2.45) is 11.7 Å². The number of likely N-dealkylation sites (tertiary alicyclic amines) is 1. The summed E-state index contributed by atoms with van der Waals surface area (Å²) < 4.78 is 6.15. The largest absolute Gasteiger partial charge is 0.490 e. The Hall–Kier alpha value is -1.55. The maximum absolute atomic E-state index is 12.4. The lowest BCUT2D eigenvalue weighted by molar-refractivity contribution is -0.134. The summed E-state index contributed by atoms with van der Waals surface area (Å²) >= 11 is 0. The van der Waals surface area contributed by atoms with E-state index < -0.39 is 0 Å². The molecule has 0 spiro atoms. The molecule has 0 radical (unpaired) electrons. The zero-order chi connectivity index (χ0) is 17.0. The highest BCUT2D eigenvalue weighted by Crippen LogP contribution is 2.24. The lowest BCUT2D eigenvalue weighted by Gasteiger charge is -2.34. The first kappa shape index (κ1) is 17.8. The second-order valence-electron chi connectivity index (χ2n) is 7.15. The molecule has 1 saturated heterocycles. The normalized spacial score (nSPS) is 17.4. The first-order chi connectivity index (χ1) is 10.9. The molecule has 1 atom stereocenters. The number of hydrogen-bond donors (Lipinski definition) is 1. The van der Waals surface area contributed by atoms with Gasteiger partial charge in [0.15, 0.2) is 0 Å². The Morgan fingerprint density at radius 1 is 1.30 bits per heavy atom. The highest BCUT2D eigenvalue weighted by Gasteiger charge is 2.27. The molecule has 1 aromatic carbocycles. The number of carbonyl (C=O) groups excluding carboxylic acids is 1. The van der Waals surface area contributed by atoms with Crippen molar-refractivity contribution in [3.8, 4) is 5.75 Å². The van der Waals surface area contributed by atoms with Gasteiger partial charge in [0.25, 0.3) is 0 Å². The van der Waals surface area contributed by atoms with Crippen LogP contribution in [0.1, 0.15) is 44.2 Å². The Morgan fingerprint density at radius 2 is 1.96 bits per heavy atom. The van der Waals surface area contributed by atoms with Crippen LogP contribution in [0, 0.1) is 19.8 Å². The average molecular weight is 318 g/mol. The predicted molar refractivity (Wildman–Crippen MR) is 93.6 cm³/mol. The van der Waals surface area contributed by atoms with Gasteiger partial charge in [0.2, 0.25) is 5.91 Å². The van der Waals surface area contributed by atoms with Gasteiger partial charge in [-0.05, 0) is 43.4 Å². The third-order valence-corrected chi connectivity index (χ3v) is 4.43. The monoisotopic (exact) mass is 318 g/mol. The first-order valence-corrected chi connectivity index (χ1v) is 8.65. The van der Waals surface area contributed by atoms with E-state index in [0.717, 1.165) is 43.7 Å². The molecule has 4 nitrogen and oxygen atoms in total. The summed E-state index contributed by atoms with van der Waals surface area (Å²) in [6.45, 7) is 9.80. The van der Waals surface area contributed by atoms with Crippen molar-refractivity contribution < 1.29 is 9.53 Å². The van der Waals surface area contributed by atoms with E-state index in [9.17, 15) is 4.79 Å². The Kier molecular flexibility index (Phi) is 6.05. The highest BCUT2D eigenvalue weighted by molar-refractivity contribution is 5.81. The number of nitrogens with zero attached hydrogens (tertiary/aromatic N) is 1. The molecule has 23 heavy (non-hydrogen) atoms. The standard InChI is InChI=1S/C19H30N2O2/c1-13(2)11-17(20)19(22)21-9-7-16(8-10-21)23-18-12-14(3)5-6-15(18)4/h5-6,12-13,16-17H,7-11,20H2,1-4H3/t17-/m0/s1. The van der Waals surface area contributed by atoms with Gasteiger partial charge in [-0.25, -0.2) is 0 Å². The third kappa shape index (κ3) is 4.96. The van der Waals surface area contributed by atoms with Crippen molar-refractivity contribution >= 4 is 5.91 Å². The fourth-order valence-electron chi connectivity index (χ4n) is 3.05. The van der Waals surface area contributed by atoms with Gasteiger partial charge in [-0.2, -0.15) is 0 Å². The van der Waals surface area contributed by atoms with Gasteiger partial charge in [0, 0.05) is 25.9 Å². The van der Waals surface area contributed by atoms with Crippen LogP contribution in [0.3, 0.4) is 0 Å². The maximum Gasteiger partial charge on any atom is 0.239 e. The van der Waals surface area contributed by atoms with Crippen LogP contribution in [-0.4, -0.2) is 36.0 Å². The van der Waals surface area contributed by atoms with Gasteiger partial charge in [0.1, 0.15) is 11.9 Å². The van der Waals surface area contributed by atoms with E-state index in [-0.39, 0.29) is 18.1 Å². The van der Waals surface area contributed by atoms with Crippen molar-refractivity contribution in [2.45, 2.75) is 59.1 Å². The Balaban J connectivity index is 1.86. The second-order valence-corrected chi connectivity index (χ2v) is 7.15. The minimum Gasteiger partial charge on any atom is -0.490 e. The summed E-state index contributed by atoms with van der Waals surface area (Å²) in [5, 5.41) is 0. The minimum absolute atomic E-state index is 0.0869. The quantitative estimate of drug-likeness (QED) is 0.908. The van der Waals surface area contributed by atoms with Crippen LogP contribution in [0.2, 0.25) is 0 Å². The molecule has 0 aromatic heterocycles. The van der Waals surface area contributed by atoms with Crippen LogP contribution in [0.15, 0.2) is 18.2 Å². The summed E-state index contributed by atoms with van der Waals surface area (Å²) in [7, 11) is 0. The van der Waals surface area contributed by atoms with E-state index in [1.807, 2.05) is 4.90 Å². The van der Waals surface area contributed by atoms with E-state index >= 15 is 0 Å². The molecule has 0 bridgehead atoms. The van der Waals surface area contributed by atoms with Gasteiger partial charge in [-0.15, -0.1) is 0 Å². The number of aryl methyl sites for hydroxylation is 2. The summed E-state index contributed by atoms with van der Waals surface area (Å²) in [5.41, 5.74) is 8.39. The molecule has 0 unspecified atom stereocenters. The van der Waals surface area contributed by atoms with E-state index in [1.54, 1.807) is 0 Å². The van der Waals surface area contributed by atoms with Crippen LogP contribution in [0.5, 0.6) is 5.75 Å². The summed E-state index contributed by atoms with van der Waals surface area (Å²) in [6.07, 6.45) is 2.67.